The Bertz CT molecular complexity index is 1170. The second-order valence-electron chi connectivity index (χ2n) is 6.74. The first-order chi connectivity index (χ1) is 15.7. The number of thioether (sulfide) groups is 1. The van der Waals surface area contributed by atoms with Gasteiger partial charge in [0.2, 0.25) is 0 Å². The molecule has 0 saturated carbocycles. The molecule has 0 saturated heterocycles. The van der Waals surface area contributed by atoms with E-state index in [2.05, 4.69) is 15.5 Å². The number of ether oxygens (including phenoxy) is 1. The molecule has 0 atom stereocenters. The number of para-hydroxylation sites is 2. The fourth-order valence-electron chi connectivity index (χ4n) is 3.05. The molecule has 1 aromatic heterocycles. The van der Waals surface area contributed by atoms with Crippen molar-refractivity contribution in [1.29, 1.82) is 0 Å². The Balaban J connectivity index is 1.46. The molecule has 0 unspecified atom stereocenters. The van der Waals surface area contributed by atoms with Gasteiger partial charge in [0.25, 0.3) is 5.91 Å². The summed E-state index contributed by atoms with van der Waals surface area (Å²) < 4.78 is 21.5. The Kier molecular flexibility index (Phi) is 7.14. The summed E-state index contributed by atoms with van der Waals surface area (Å²) in [7, 11) is 0. The topological polar surface area (TPSA) is 69.0 Å². The van der Waals surface area contributed by atoms with Crippen molar-refractivity contribution >= 4 is 17.7 Å². The van der Waals surface area contributed by atoms with Crippen molar-refractivity contribution < 1.29 is 13.9 Å². The Morgan fingerprint density at radius 1 is 0.938 bits per heavy atom. The molecule has 0 fully saturated rings. The first-order valence-corrected chi connectivity index (χ1v) is 11.0. The van der Waals surface area contributed by atoms with Crippen molar-refractivity contribution in [2.24, 2.45) is 0 Å². The highest BCUT2D eigenvalue weighted by atomic mass is 32.2. The van der Waals surface area contributed by atoms with E-state index in [9.17, 15) is 9.18 Å². The molecule has 162 valence electrons. The van der Waals surface area contributed by atoms with Gasteiger partial charge in [0.05, 0.1) is 18.7 Å². The second-order valence-corrected chi connectivity index (χ2v) is 7.80. The molecule has 3 aromatic carbocycles. The van der Waals surface area contributed by atoms with Crippen LogP contribution in [0.4, 0.5) is 4.39 Å². The van der Waals surface area contributed by atoms with Crippen molar-refractivity contribution in [3.8, 4) is 11.4 Å². The predicted molar refractivity (Wildman–Crippen MR) is 122 cm³/mol. The predicted octanol–water partition coefficient (Wildman–Crippen LogP) is 4.51. The zero-order chi connectivity index (χ0) is 22.2. The molecule has 0 aliphatic heterocycles. The second kappa shape index (κ2) is 10.6. The van der Waals surface area contributed by atoms with E-state index < -0.39 is 11.7 Å². The maximum Gasteiger partial charge on any atom is 0.254 e. The van der Waals surface area contributed by atoms with Crippen molar-refractivity contribution in [2.75, 3.05) is 12.4 Å². The third kappa shape index (κ3) is 5.33. The molecular weight excluding hydrogens is 427 g/mol. The number of benzene rings is 3. The van der Waals surface area contributed by atoms with Crippen LogP contribution < -0.4 is 10.1 Å². The molecule has 1 N–H and O–H groups in total. The molecule has 4 rings (SSSR count). The molecule has 6 nitrogen and oxygen atoms in total. The number of rotatable bonds is 9. The van der Waals surface area contributed by atoms with Crippen LogP contribution in [-0.4, -0.2) is 33.0 Å². The Morgan fingerprint density at radius 2 is 1.62 bits per heavy atom. The molecule has 0 radical (unpaired) electrons. The molecule has 32 heavy (non-hydrogen) atoms. The Hall–Kier alpha value is -3.65. The van der Waals surface area contributed by atoms with Gasteiger partial charge in [0.1, 0.15) is 11.6 Å². The fourth-order valence-corrected chi connectivity index (χ4v) is 3.84. The Morgan fingerprint density at radius 3 is 2.38 bits per heavy atom. The molecule has 0 bridgehead atoms. The lowest BCUT2D eigenvalue weighted by molar-refractivity contribution is 0.0945. The zero-order valence-electron chi connectivity index (χ0n) is 17.1. The van der Waals surface area contributed by atoms with Crippen LogP contribution in [-0.2, 0) is 6.54 Å². The van der Waals surface area contributed by atoms with Gasteiger partial charge in [0.15, 0.2) is 11.0 Å². The SMILES string of the molecule is O=C(NCc1nnc(SCCOc2ccccc2)n1-c1ccccc1)c1ccccc1F. The highest BCUT2D eigenvalue weighted by molar-refractivity contribution is 7.99. The van der Waals surface area contributed by atoms with Crippen LogP contribution in [0, 0.1) is 5.82 Å². The Labute approximate surface area is 189 Å². The number of aromatic nitrogens is 3. The van der Waals surface area contributed by atoms with Gasteiger partial charge in [-0.2, -0.15) is 0 Å². The van der Waals surface area contributed by atoms with Gasteiger partial charge in [-0.15, -0.1) is 10.2 Å². The van der Waals surface area contributed by atoms with Gasteiger partial charge < -0.3 is 10.1 Å². The molecule has 0 spiro atoms. The van der Waals surface area contributed by atoms with Gasteiger partial charge in [-0.1, -0.05) is 60.3 Å². The van der Waals surface area contributed by atoms with E-state index in [0.29, 0.717) is 23.3 Å². The minimum atomic E-state index is -0.566. The average Bonchev–Trinajstić information content (AvgIpc) is 3.24. The number of carbonyl (C=O) groups excluding carboxylic acids is 1. The quantitative estimate of drug-likeness (QED) is 0.301. The van der Waals surface area contributed by atoms with Crippen LogP contribution in [0.25, 0.3) is 5.69 Å². The summed E-state index contributed by atoms with van der Waals surface area (Å²) in [5.41, 5.74) is 0.866. The van der Waals surface area contributed by atoms with Crippen LogP contribution in [0.3, 0.4) is 0 Å². The number of nitrogens with zero attached hydrogens (tertiary/aromatic N) is 3. The van der Waals surface area contributed by atoms with Gasteiger partial charge in [-0.3, -0.25) is 9.36 Å². The summed E-state index contributed by atoms with van der Waals surface area (Å²) in [5, 5.41) is 12.0. The van der Waals surface area contributed by atoms with E-state index in [-0.39, 0.29) is 12.1 Å². The standard InChI is InChI=1S/C24H21FN4O2S/c25-21-14-8-7-13-20(21)23(30)26-17-22-27-28-24(29(22)18-9-3-1-4-10-18)32-16-15-31-19-11-5-2-6-12-19/h1-14H,15-17H2,(H,26,30). The van der Waals surface area contributed by atoms with Crippen molar-refractivity contribution in [3.05, 3.63) is 102 Å². The highest BCUT2D eigenvalue weighted by Gasteiger charge is 2.17. The lowest BCUT2D eigenvalue weighted by Gasteiger charge is -2.11. The van der Waals surface area contributed by atoms with E-state index in [1.54, 1.807) is 12.1 Å². The van der Waals surface area contributed by atoms with Crippen molar-refractivity contribution in [1.82, 2.24) is 20.1 Å². The van der Waals surface area contributed by atoms with E-state index in [1.807, 2.05) is 65.2 Å². The van der Waals surface area contributed by atoms with E-state index in [1.165, 1.54) is 23.9 Å². The summed E-state index contributed by atoms with van der Waals surface area (Å²) in [4.78, 5) is 12.4. The van der Waals surface area contributed by atoms with Gasteiger partial charge in [0, 0.05) is 11.4 Å². The highest BCUT2D eigenvalue weighted by Crippen LogP contribution is 2.22. The summed E-state index contributed by atoms with van der Waals surface area (Å²) in [5.74, 6) is 0.962. The maximum atomic E-state index is 13.9. The summed E-state index contributed by atoms with van der Waals surface area (Å²) in [6.45, 7) is 0.617. The number of halogens is 1. The number of amides is 1. The van der Waals surface area contributed by atoms with Crippen LogP contribution in [0.15, 0.2) is 90.1 Å². The van der Waals surface area contributed by atoms with Crippen LogP contribution in [0.5, 0.6) is 5.75 Å². The van der Waals surface area contributed by atoms with E-state index in [4.69, 9.17) is 4.74 Å². The molecule has 0 aliphatic carbocycles. The molecule has 8 heteroatoms. The minimum absolute atomic E-state index is 0.00839. The third-order valence-corrected chi connectivity index (χ3v) is 5.46. The van der Waals surface area contributed by atoms with E-state index in [0.717, 1.165) is 11.4 Å². The molecule has 1 amide bonds. The van der Waals surface area contributed by atoms with Crippen molar-refractivity contribution in [3.63, 3.8) is 0 Å². The van der Waals surface area contributed by atoms with Gasteiger partial charge >= 0.3 is 0 Å². The number of hydrogen-bond donors (Lipinski definition) is 1. The molecule has 1 heterocycles. The van der Waals surface area contributed by atoms with Crippen LogP contribution in [0.2, 0.25) is 0 Å². The monoisotopic (exact) mass is 448 g/mol. The first kappa shape index (κ1) is 21.6. The normalized spacial score (nSPS) is 10.7. The van der Waals surface area contributed by atoms with Gasteiger partial charge in [-0.25, -0.2) is 4.39 Å². The zero-order valence-corrected chi connectivity index (χ0v) is 18.0. The number of hydrogen-bond acceptors (Lipinski definition) is 5. The molecule has 4 aromatic rings. The molecular formula is C24H21FN4O2S. The van der Waals surface area contributed by atoms with E-state index >= 15 is 0 Å². The first-order valence-electron chi connectivity index (χ1n) is 10.1. The lowest BCUT2D eigenvalue weighted by Crippen LogP contribution is -2.25. The van der Waals surface area contributed by atoms with Crippen molar-refractivity contribution in [2.45, 2.75) is 11.7 Å². The fraction of sp³-hybridized carbons (Fsp3) is 0.125. The number of carbonyl (C=O) groups is 1. The maximum absolute atomic E-state index is 13.9. The largest absolute Gasteiger partial charge is 0.493 e. The molecule has 0 aliphatic rings. The summed E-state index contributed by atoms with van der Waals surface area (Å²) in [6.07, 6.45) is 0. The summed E-state index contributed by atoms with van der Waals surface area (Å²) >= 11 is 1.51. The van der Waals surface area contributed by atoms with Crippen LogP contribution >= 0.6 is 11.8 Å². The smallest absolute Gasteiger partial charge is 0.254 e. The summed E-state index contributed by atoms with van der Waals surface area (Å²) in [6, 6.07) is 25.1. The van der Waals surface area contributed by atoms with Gasteiger partial charge in [-0.05, 0) is 36.4 Å². The van der Waals surface area contributed by atoms with Crippen LogP contribution in [0.1, 0.15) is 16.2 Å². The number of nitrogens with one attached hydrogen (secondary N) is 1. The average molecular weight is 449 g/mol. The minimum Gasteiger partial charge on any atom is -0.493 e. The lowest BCUT2D eigenvalue weighted by atomic mass is 10.2. The third-order valence-electron chi connectivity index (χ3n) is 4.57.